The molecule has 0 fully saturated rings. The summed E-state index contributed by atoms with van der Waals surface area (Å²) < 4.78 is 10.0. The standard InChI is InChI=1S/C8H8N4O2/c1-5-11-12-7(14-5)6-3-9-8(13-2)10-4-6/h3-4H,1-2H3. The third-order valence-corrected chi connectivity index (χ3v) is 1.58. The molecule has 0 radical (unpaired) electrons. The number of hydrogen-bond donors (Lipinski definition) is 0. The van der Waals surface area contributed by atoms with Gasteiger partial charge in [-0.2, -0.15) is 0 Å². The number of rotatable bonds is 2. The molecule has 0 amide bonds. The van der Waals surface area contributed by atoms with E-state index in [1.807, 2.05) is 0 Å². The van der Waals surface area contributed by atoms with E-state index in [2.05, 4.69) is 20.2 Å². The molecule has 6 nitrogen and oxygen atoms in total. The van der Waals surface area contributed by atoms with Gasteiger partial charge >= 0.3 is 6.01 Å². The normalized spacial score (nSPS) is 10.1. The average Bonchev–Trinajstić information content (AvgIpc) is 2.65. The van der Waals surface area contributed by atoms with E-state index in [0.29, 0.717) is 23.4 Å². The summed E-state index contributed by atoms with van der Waals surface area (Å²) in [5.74, 6) is 0.918. The van der Waals surface area contributed by atoms with Gasteiger partial charge in [-0.15, -0.1) is 10.2 Å². The van der Waals surface area contributed by atoms with Crippen LogP contribution in [0.1, 0.15) is 5.89 Å². The van der Waals surface area contributed by atoms with Gasteiger partial charge in [-0.25, -0.2) is 9.97 Å². The predicted octanol–water partition coefficient (Wildman–Crippen LogP) is 0.844. The molecule has 0 spiro atoms. The van der Waals surface area contributed by atoms with Crippen LogP contribution < -0.4 is 4.74 Å². The van der Waals surface area contributed by atoms with Gasteiger partial charge in [0, 0.05) is 19.3 Å². The van der Waals surface area contributed by atoms with Gasteiger partial charge in [0.2, 0.25) is 5.89 Å². The molecular formula is C8H8N4O2. The van der Waals surface area contributed by atoms with Gasteiger partial charge in [0.15, 0.2) is 0 Å². The summed E-state index contributed by atoms with van der Waals surface area (Å²) in [6.45, 7) is 1.72. The van der Waals surface area contributed by atoms with E-state index in [0.717, 1.165) is 0 Å². The van der Waals surface area contributed by atoms with Gasteiger partial charge in [0.05, 0.1) is 12.7 Å². The molecule has 0 N–H and O–H groups in total. The fraction of sp³-hybridized carbons (Fsp3) is 0.250. The number of methoxy groups -OCH3 is 1. The first-order valence-electron chi connectivity index (χ1n) is 3.96. The molecule has 0 unspecified atom stereocenters. The molecule has 2 aromatic rings. The van der Waals surface area contributed by atoms with Crippen molar-refractivity contribution in [3.8, 4) is 17.5 Å². The molecule has 0 aliphatic rings. The van der Waals surface area contributed by atoms with Crippen LogP contribution in [-0.2, 0) is 0 Å². The highest BCUT2D eigenvalue weighted by Gasteiger charge is 2.06. The van der Waals surface area contributed by atoms with E-state index < -0.39 is 0 Å². The number of hydrogen-bond acceptors (Lipinski definition) is 6. The highest BCUT2D eigenvalue weighted by Crippen LogP contribution is 2.16. The van der Waals surface area contributed by atoms with Crippen LogP contribution in [0.5, 0.6) is 6.01 Å². The minimum atomic E-state index is 0.310. The zero-order chi connectivity index (χ0) is 9.97. The van der Waals surface area contributed by atoms with Crippen molar-refractivity contribution in [2.45, 2.75) is 6.92 Å². The summed E-state index contributed by atoms with van der Waals surface area (Å²) in [7, 11) is 1.51. The summed E-state index contributed by atoms with van der Waals surface area (Å²) in [4.78, 5) is 7.84. The van der Waals surface area contributed by atoms with Crippen LogP contribution in [0, 0.1) is 6.92 Å². The SMILES string of the molecule is COc1ncc(-c2nnc(C)o2)cn1. The Kier molecular flexibility index (Phi) is 2.10. The van der Waals surface area contributed by atoms with Crippen molar-refractivity contribution in [3.63, 3.8) is 0 Å². The number of nitrogens with zero attached hydrogens (tertiary/aromatic N) is 4. The number of aromatic nitrogens is 4. The van der Waals surface area contributed by atoms with Crippen LogP contribution in [-0.4, -0.2) is 27.3 Å². The van der Waals surface area contributed by atoms with Gasteiger partial charge in [-0.05, 0) is 0 Å². The molecule has 6 heteroatoms. The van der Waals surface area contributed by atoms with Gasteiger partial charge in [0.25, 0.3) is 5.89 Å². The largest absolute Gasteiger partial charge is 0.467 e. The second-order valence-corrected chi connectivity index (χ2v) is 2.58. The van der Waals surface area contributed by atoms with Crippen LogP contribution in [0.4, 0.5) is 0 Å². The molecule has 0 atom stereocenters. The van der Waals surface area contributed by atoms with Gasteiger partial charge < -0.3 is 9.15 Å². The minimum absolute atomic E-state index is 0.310. The first-order valence-corrected chi connectivity index (χ1v) is 3.96. The van der Waals surface area contributed by atoms with E-state index in [1.165, 1.54) is 7.11 Å². The van der Waals surface area contributed by atoms with E-state index in [4.69, 9.17) is 9.15 Å². The second kappa shape index (κ2) is 3.41. The lowest BCUT2D eigenvalue weighted by molar-refractivity contribution is 0.379. The summed E-state index contributed by atoms with van der Waals surface area (Å²) >= 11 is 0. The maximum absolute atomic E-state index is 5.20. The third-order valence-electron chi connectivity index (χ3n) is 1.58. The van der Waals surface area contributed by atoms with Crippen molar-refractivity contribution in [2.24, 2.45) is 0 Å². The fourth-order valence-electron chi connectivity index (χ4n) is 0.945. The molecular weight excluding hydrogens is 184 g/mol. The average molecular weight is 192 g/mol. The Labute approximate surface area is 80.0 Å². The van der Waals surface area contributed by atoms with Crippen LogP contribution >= 0.6 is 0 Å². The quantitative estimate of drug-likeness (QED) is 0.702. The van der Waals surface area contributed by atoms with E-state index in [-0.39, 0.29) is 0 Å². The van der Waals surface area contributed by atoms with Crippen molar-refractivity contribution in [3.05, 3.63) is 18.3 Å². The molecule has 0 aliphatic heterocycles. The van der Waals surface area contributed by atoms with Crippen molar-refractivity contribution in [2.75, 3.05) is 7.11 Å². The molecule has 14 heavy (non-hydrogen) atoms. The Bertz CT molecular complexity index is 423. The first-order chi connectivity index (χ1) is 6.79. The summed E-state index contributed by atoms with van der Waals surface area (Å²) in [5, 5.41) is 7.54. The maximum Gasteiger partial charge on any atom is 0.316 e. The lowest BCUT2D eigenvalue weighted by Gasteiger charge is -1.96. The highest BCUT2D eigenvalue weighted by molar-refractivity contribution is 5.48. The topological polar surface area (TPSA) is 73.9 Å². The van der Waals surface area contributed by atoms with Crippen LogP contribution in [0.15, 0.2) is 16.8 Å². The zero-order valence-electron chi connectivity index (χ0n) is 7.76. The molecule has 2 rings (SSSR count). The lowest BCUT2D eigenvalue weighted by atomic mass is 10.3. The highest BCUT2D eigenvalue weighted by atomic mass is 16.5. The molecule has 0 aliphatic carbocycles. The smallest absolute Gasteiger partial charge is 0.316 e. The van der Waals surface area contributed by atoms with Crippen LogP contribution in [0.25, 0.3) is 11.5 Å². The van der Waals surface area contributed by atoms with Crippen molar-refractivity contribution in [1.82, 2.24) is 20.2 Å². The zero-order valence-corrected chi connectivity index (χ0v) is 7.76. The Morgan fingerprint density at radius 3 is 2.43 bits per heavy atom. The van der Waals surface area contributed by atoms with Crippen molar-refractivity contribution < 1.29 is 9.15 Å². The Morgan fingerprint density at radius 1 is 1.21 bits per heavy atom. The van der Waals surface area contributed by atoms with Crippen molar-refractivity contribution in [1.29, 1.82) is 0 Å². The Morgan fingerprint density at radius 2 is 1.93 bits per heavy atom. The Hall–Kier alpha value is -1.98. The van der Waals surface area contributed by atoms with Gasteiger partial charge in [0.1, 0.15) is 0 Å². The third kappa shape index (κ3) is 1.54. The number of aryl methyl sites for hydroxylation is 1. The second-order valence-electron chi connectivity index (χ2n) is 2.58. The molecule has 72 valence electrons. The van der Waals surface area contributed by atoms with Crippen LogP contribution in [0.3, 0.4) is 0 Å². The van der Waals surface area contributed by atoms with Gasteiger partial charge in [-0.3, -0.25) is 0 Å². The van der Waals surface area contributed by atoms with Crippen LogP contribution in [0.2, 0.25) is 0 Å². The molecule has 2 heterocycles. The summed E-state index contributed by atoms with van der Waals surface area (Å²) in [6, 6.07) is 0.310. The van der Waals surface area contributed by atoms with Crippen molar-refractivity contribution >= 4 is 0 Å². The molecule has 0 aromatic carbocycles. The summed E-state index contributed by atoms with van der Waals surface area (Å²) in [6.07, 6.45) is 3.14. The first kappa shape index (κ1) is 8.61. The summed E-state index contributed by atoms with van der Waals surface area (Å²) in [5.41, 5.74) is 0.673. The lowest BCUT2D eigenvalue weighted by Crippen LogP contribution is -1.91. The van der Waals surface area contributed by atoms with E-state index in [9.17, 15) is 0 Å². The number of ether oxygens (including phenoxy) is 1. The Balaban J connectivity index is 2.33. The molecule has 2 aromatic heterocycles. The van der Waals surface area contributed by atoms with E-state index >= 15 is 0 Å². The predicted molar refractivity (Wildman–Crippen MR) is 46.6 cm³/mol. The molecule has 0 saturated heterocycles. The fourth-order valence-corrected chi connectivity index (χ4v) is 0.945. The van der Waals surface area contributed by atoms with E-state index in [1.54, 1.807) is 19.3 Å². The maximum atomic E-state index is 5.20. The minimum Gasteiger partial charge on any atom is -0.467 e. The molecule has 0 saturated carbocycles. The molecule has 0 bridgehead atoms. The monoisotopic (exact) mass is 192 g/mol. The van der Waals surface area contributed by atoms with Gasteiger partial charge in [-0.1, -0.05) is 0 Å².